The third-order valence-corrected chi connectivity index (χ3v) is 5.76. The largest absolute Gasteiger partial charge is 0.494 e. The minimum absolute atomic E-state index is 0.0131. The summed E-state index contributed by atoms with van der Waals surface area (Å²) in [6.07, 6.45) is 3.54. The van der Waals surface area contributed by atoms with E-state index >= 15 is 0 Å². The van der Waals surface area contributed by atoms with Gasteiger partial charge in [0.1, 0.15) is 5.75 Å². The Morgan fingerprint density at radius 2 is 2.08 bits per heavy atom. The van der Waals surface area contributed by atoms with Gasteiger partial charge in [0.05, 0.1) is 24.7 Å². The standard InChI is InChI=1S/C20H26N2O4/c1-2-25-17-6-4-16(5-7-17)22-13-15(12-18(22)23)19(24)21-10-11-26-20(14-21)8-3-9-20/h4-7,15H,2-3,8-14H2,1H3. The Morgan fingerprint density at radius 3 is 2.73 bits per heavy atom. The number of hydrogen-bond donors (Lipinski definition) is 0. The van der Waals surface area contributed by atoms with Gasteiger partial charge in [-0.05, 0) is 50.5 Å². The minimum atomic E-state index is -0.260. The Labute approximate surface area is 154 Å². The summed E-state index contributed by atoms with van der Waals surface area (Å²) in [7, 11) is 0. The topological polar surface area (TPSA) is 59.1 Å². The molecule has 3 aliphatic rings. The van der Waals surface area contributed by atoms with Gasteiger partial charge in [0.2, 0.25) is 11.8 Å². The molecule has 1 atom stereocenters. The third-order valence-electron chi connectivity index (χ3n) is 5.76. The predicted molar refractivity (Wildman–Crippen MR) is 97.2 cm³/mol. The van der Waals surface area contributed by atoms with Gasteiger partial charge in [-0.2, -0.15) is 0 Å². The van der Waals surface area contributed by atoms with Gasteiger partial charge in [-0.25, -0.2) is 0 Å². The number of ether oxygens (including phenoxy) is 2. The van der Waals surface area contributed by atoms with Crippen molar-refractivity contribution in [3.05, 3.63) is 24.3 Å². The van der Waals surface area contributed by atoms with E-state index in [0.29, 0.717) is 32.8 Å². The van der Waals surface area contributed by atoms with Crippen molar-refractivity contribution in [2.75, 3.05) is 37.7 Å². The van der Waals surface area contributed by atoms with Crippen molar-refractivity contribution in [3.8, 4) is 5.75 Å². The van der Waals surface area contributed by atoms with Crippen molar-refractivity contribution < 1.29 is 19.1 Å². The van der Waals surface area contributed by atoms with Crippen LogP contribution in [0.25, 0.3) is 0 Å². The zero-order chi connectivity index (χ0) is 18.1. The Morgan fingerprint density at radius 1 is 1.31 bits per heavy atom. The zero-order valence-electron chi connectivity index (χ0n) is 15.3. The van der Waals surface area contributed by atoms with Crippen LogP contribution in [0, 0.1) is 5.92 Å². The average molecular weight is 358 g/mol. The molecule has 0 aromatic heterocycles. The molecule has 1 saturated carbocycles. The van der Waals surface area contributed by atoms with Crippen LogP contribution in [0.3, 0.4) is 0 Å². The Kier molecular flexibility index (Phi) is 4.61. The smallest absolute Gasteiger partial charge is 0.228 e. The lowest BCUT2D eigenvalue weighted by Crippen LogP contribution is -2.58. The maximum Gasteiger partial charge on any atom is 0.228 e. The highest BCUT2D eigenvalue weighted by Crippen LogP contribution is 2.39. The maximum absolute atomic E-state index is 13.0. The molecule has 3 fully saturated rings. The summed E-state index contributed by atoms with van der Waals surface area (Å²) < 4.78 is 11.4. The summed E-state index contributed by atoms with van der Waals surface area (Å²) >= 11 is 0. The highest BCUT2D eigenvalue weighted by Gasteiger charge is 2.45. The SMILES string of the molecule is CCOc1ccc(N2CC(C(=O)N3CCOC4(CCC4)C3)CC2=O)cc1. The van der Waals surface area contributed by atoms with Gasteiger partial charge in [0.25, 0.3) is 0 Å². The fourth-order valence-corrected chi connectivity index (χ4v) is 4.18. The molecule has 0 radical (unpaired) electrons. The number of rotatable bonds is 4. The second-order valence-electron chi connectivity index (χ2n) is 7.48. The summed E-state index contributed by atoms with van der Waals surface area (Å²) in [5.74, 6) is 0.638. The molecule has 140 valence electrons. The highest BCUT2D eigenvalue weighted by molar-refractivity contribution is 6.00. The van der Waals surface area contributed by atoms with Crippen molar-refractivity contribution in [1.29, 1.82) is 0 Å². The van der Waals surface area contributed by atoms with E-state index in [2.05, 4.69) is 0 Å². The molecular formula is C20H26N2O4. The fourth-order valence-electron chi connectivity index (χ4n) is 4.18. The zero-order valence-corrected chi connectivity index (χ0v) is 15.3. The first-order chi connectivity index (χ1) is 12.6. The molecule has 2 heterocycles. The van der Waals surface area contributed by atoms with Gasteiger partial charge >= 0.3 is 0 Å². The predicted octanol–water partition coefficient (Wildman–Crippen LogP) is 2.22. The highest BCUT2D eigenvalue weighted by atomic mass is 16.5. The van der Waals surface area contributed by atoms with Crippen LogP contribution in [-0.4, -0.2) is 55.2 Å². The number of amides is 2. The van der Waals surface area contributed by atoms with Crippen molar-refractivity contribution in [1.82, 2.24) is 4.90 Å². The van der Waals surface area contributed by atoms with Crippen LogP contribution in [0.4, 0.5) is 5.69 Å². The molecule has 4 rings (SSSR count). The van der Waals surface area contributed by atoms with E-state index in [9.17, 15) is 9.59 Å². The van der Waals surface area contributed by atoms with E-state index in [0.717, 1.165) is 24.3 Å². The first-order valence-electron chi connectivity index (χ1n) is 9.56. The van der Waals surface area contributed by atoms with E-state index in [1.54, 1.807) is 4.90 Å². The number of nitrogens with zero attached hydrogens (tertiary/aromatic N) is 2. The summed E-state index contributed by atoms with van der Waals surface area (Å²) in [4.78, 5) is 29.1. The molecule has 0 N–H and O–H groups in total. The van der Waals surface area contributed by atoms with Gasteiger partial charge in [-0.3, -0.25) is 9.59 Å². The van der Waals surface area contributed by atoms with E-state index in [1.807, 2.05) is 36.1 Å². The van der Waals surface area contributed by atoms with Crippen molar-refractivity contribution in [2.24, 2.45) is 5.92 Å². The first-order valence-corrected chi connectivity index (χ1v) is 9.56. The molecule has 0 bridgehead atoms. The number of carbonyl (C=O) groups is 2. The second kappa shape index (κ2) is 6.91. The molecule has 2 aliphatic heterocycles. The number of morpholine rings is 1. The van der Waals surface area contributed by atoms with Crippen LogP contribution in [0.5, 0.6) is 5.75 Å². The molecule has 2 amide bonds. The number of hydrogen-bond acceptors (Lipinski definition) is 4. The summed E-state index contributed by atoms with van der Waals surface area (Å²) in [5, 5.41) is 0. The monoisotopic (exact) mass is 358 g/mol. The molecule has 1 aliphatic carbocycles. The fraction of sp³-hybridized carbons (Fsp3) is 0.600. The lowest BCUT2D eigenvalue weighted by atomic mass is 9.78. The lowest BCUT2D eigenvalue weighted by molar-refractivity contribution is -0.170. The van der Waals surface area contributed by atoms with Crippen molar-refractivity contribution in [3.63, 3.8) is 0 Å². The Hall–Kier alpha value is -2.08. The number of benzene rings is 1. The van der Waals surface area contributed by atoms with Crippen LogP contribution in [-0.2, 0) is 14.3 Å². The van der Waals surface area contributed by atoms with Crippen LogP contribution in [0.2, 0.25) is 0 Å². The van der Waals surface area contributed by atoms with Gasteiger partial charge in [0, 0.05) is 31.7 Å². The van der Waals surface area contributed by atoms with E-state index < -0.39 is 0 Å². The minimum Gasteiger partial charge on any atom is -0.494 e. The van der Waals surface area contributed by atoms with Gasteiger partial charge in [0.15, 0.2) is 0 Å². The van der Waals surface area contributed by atoms with Gasteiger partial charge < -0.3 is 19.3 Å². The Bertz CT molecular complexity index is 684. The molecular weight excluding hydrogens is 332 g/mol. The van der Waals surface area contributed by atoms with Gasteiger partial charge in [-0.1, -0.05) is 0 Å². The average Bonchev–Trinajstić information content (AvgIpc) is 3.02. The van der Waals surface area contributed by atoms with E-state index in [4.69, 9.17) is 9.47 Å². The molecule has 2 saturated heterocycles. The lowest BCUT2D eigenvalue weighted by Gasteiger charge is -2.48. The summed E-state index contributed by atoms with van der Waals surface area (Å²) in [6, 6.07) is 7.49. The van der Waals surface area contributed by atoms with Crippen molar-refractivity contribution >= 4 is 17.5 Å². The summed E-state index contributed by atoms with van der Waals surface area (Å²) in [6.45, 7) is 4.92. The molecule has 6 heteroatoms. The molecule has 1 aromatic carbocycles. The van der Waals surface area contributed by atoms with E-state index in [-0.39, 0.29) is 29.8 Å². The van der Waals surface area contributed by atoms with Crippen LogP contribution >= 0.6 is 0 Å². The number of anilines is 1. The third kappa shape index (κ3) is 3.18. The summed E-state index contributed by atoms with van der Waals surface area (Å²) in [5.41, 5.74) is 0.719. The number of carbonyl (C=O) groups excluding carboxylic acids is 2. The Balaban J connectivity index is 1.41. The van der Waals surface area contributed by atoms with Crippen molar-refractivity contribution in [2.45, 2.75) is 38.2 Å². The van der Waals surface area contributed by atoms with Crippen LogP contribution < -0.4 is 9.64 Å². The van der Waals surface area contributed by atoms with E-state index in [1.165, 1.54) is 6.42 Å². The molecule has 1 unspecified atom stereocenters. The molecule has 26 heavy (non-hydrogen) atoms. The normalized spacial score (nSPS) is 24.7. The maximum atomic E-state index is 13.0. The van der Waals surface area contributed by atoms with Gasteiger partial charge in [-0.15, -0.1) is 0 Å². The molecule has 6 nitrogen and oxygen atoms in total. The van der Waals surface area contributed by atoms with Crippen LogP contribution in [0.1, 0.15) is 32.6 Å². The first kappa shape index (κ1) is 17.3. The second-order valence-corrected chi connectivity index (χ2v) is 7.48. The van der Waals surface area contributed by atoms with Crippen LogP contribution in [0.15, 0.2) is 24.3 Å². The molecule has 1 aromatic rings. The molecule has 1 spiro atoms. The quantitative estimate of drug-likeness (QED) is 0.828.